The van der Waals surface area contributed by atoms with Crippen LogP contribution in [0.5, 0.6) is 5.75 Å². The zero-order chi connectivity index (χ0) is 18.1. The van der Waals surface area contributed by atoms with Crippen LogP contribution in [0.15, 0.2) is 72.6 Å². The van der Waals surface area contributed by atoms with E-state index in [1.807, 2.05) is 43.5 Å². The molecule has 0 saturated carbocycles. The number of nitrogens with zero attached hydrogens (tertiary/aromatic N) is 2. The van der Waals surface area contributed by atoms with Gasteiger partial charge in [-0.05, 0) is 48.1 Å². The summed E-state index contributed by atoms with van der Waals surface area (Å²) in [4.78, 5) is 18.3. The average molecular weight is 342 g/mol. The Morgan fingerprint density at radius 2 is 1.96 bits per heavy atom. The predicted molar refractivity (Wildman–Crippen MR) is 104 cm³/mol. The molecule has 0 atom stereocenters. The first-order chi connectivity index (χ1) is 12.7. The summed E-state index contributed by atoms with van der Waals surface area (Å²) in [5, 5.41) is 0. The molecule has 1 aliphatic heterocycles. The summed E-state index contributed by atoms with van der Waals surface area (Å²) < 4.78 is 5.29. The zero-order valence-electron chi connectivity index (χ0n) is 14.6. The van der Waals surface area contributed by atoms with E-state index in [0.29, 0.717) is 5.69 Å². The topological polar surface area (TPSA) is 42.4 Å². The molecule has 4 heteroatoms. The molecule has 0 fully saturated rings. The lowest BCUT2D eigenvalue weighted by Gasteiger charge is -2.26. The van der Waals surface area contributed by atoms with E-state index in [4.69, 9.17) is 4.74 Å². The zero-order valence-corrected chi connectivity index (χ0v) is 14.6. The van der Waals surface area contributed by atoms with Gasteiger partial charge in [0.2, 0.25) is 5.78 Å². The molecule has 0 amide bonds. The summed E-state index contributed by atoms with van der Waals surface area (Å²) >= 11 is 0. The highest BCUT2D eigenvalue weighted by molar-refractivity contribution is 6.11. The van der Waals surface area contributed by atoms with E-state index in [2.05, 4.69) is 34.2 Å². The number of rotatable bonds is 2. The molecule has 2 aromatic rings. The molecule has 1 aliphatic carbocycles. The van der Waals surface area contributed by atoms with Crippen molar-refractivity contribution in [1.82, 2.24) is 4.98 Å². The molecule has 2 heterocycles. The van der Waals surface area contributed by atoms with Crippen LogP contribution >= 0.6 is 0 Å². The van der Waals surface area contributed by atoms with Crippen LogP contribution in [0.3, 0.4) is 0 Å². The Morgan fingerprint density at radius 3 is 2.81 bits per heavy atom. The number of fused-ring (bicyclic) bond motifs is 2. The molecular weight excluding hydrogens is 324 g/mol. The van der Waals surface area contributed by atoms with Gasteiger partial charge in [0.15, 0.2) is 0 Å². The number of carbonyl (C=O) groups is 1. The first kappa shape index (κ1) is 16.1. The van der Waals surface area contributed by atoms with Crippen molar-refractivity contribution in [1.29, 1.82) is 0 Å². The Bertz CT molecular complexity index is 1010. The SMILES string of the molecule is COc1ccc2c(c1)C=CC(=CC=C1C=CC(=O)c3ncccc31)N2C. The maximum Gasteiger partial charge on any atom is 0.204 e. The van der Waals surface area contributed by atoms with Crippen LogP contribution in [-0.4, -0.2) is 24.9 Å². The van der Waals surface area contributed by atoms with E-state index < -0.39 is 0 Å². The van der Waals surface area contributed by atoms with E-state index in [1.54, 1.807) is 19.4 Å². The van der Waals surface area contributed by atoms with Crippen molar-refractivity contribution in [3.05, 3.63) is 89.4 Å². The lowest BCUT2D eigenvalue weighted by atomic mass is 9.95. The summed E-state index contributed by atoms with van der Waals surface area (Å²) in [6.07, 6.45) is 13.3. The highest BCUT2D eigenvalue weighted by Crippen LogP contribution is 2.33. The van der Waals surface area contributed by atoms with Gasteiger partial charge in [-0.25, -0.2) is 0 Å². The predicted octanol–water partition coefficient (Wildman–Crippen LogP) is 4.27. The highest BCUT2D eigenvalue weighted by atomic mass is 16.5. The van der Waals surface area contributed by atoms with Gasteiger partial charge in [-0.1, -0.05) is 24.3 Å². The normalized spacial score (nSPS) is 18.2. The Hall–Kier alpha value is -3.40. The second-order valence-corrected chi connectivity index (χ2v) is 6.13. The number of allylic oxidation sites excluding steroid dienone is 6. The van der Waals surface area contributed by atoms with Gasteiger partial charge in [-0.15, -0.1) is 0 Å². The second kappa shape index (κ2) is 6.48. The van der Waals surface area contributed by atoms with Crippen molar-refractivity contribution >= 4 is 23.1 Å². The van der Waals surface area contributed by atoms with Gasteiger partial charge >= 0.3 is 0 Å². The largest absolute Gasteiger partial charge is 0.497 e. The van der Waals surface area contributed by atoms with Crippen LogP contribution in [0.25, 0.3) is 11.6 Å². The quantitative estimate of drug-likeness (QED) is 0.817. The number of hydrogen-bond acceptors (Lipinski definition) is 4. The number of methoxy groups -OCH3 is 1. The summed E-state index contributed by atoms with van der Waals surface area (Å²) in [6, 6.07) is 9.81. The van der Waals surface area contributed by atoms with Crippen LogP contribution in [-0.2, 0) is 0 Å². The van der Waals surface area contributed by atoms with E-state index in [9.17, 15) is 4.79 Å². The molecule has 128 valence electrons. The molecule has 1 aromatic heterocycles. The minimum absolute atomic E-state index is 0.0528. The Morgan fingerprint density at radius 1 is 1.08 bits per heavy atom. The number of pyridine rings is 1. The third-order valence-electron chi connectivity index (χ3n) is 4.62. The fraction of sp³-hybridized carbons (Fsp3) is 0.0909. The molecule has 1 aromatic carbocycles. The molecular formula is C22H18N2O2. The summed E-state index contributed by atoms with van der Waals surface area (Å²) in [7, 11) is 3.71. The third-order valence-corrected chi connectivity index (χ3v) is 4.62. The van der Waals surface area contributed by atoms with Crippen molar-refractivity contribution in [2.45, 2.75) is 0 Å². The van der Waals surface area contributed by atoms with Gasteiger partial charge in [-0.2, -0.15) is 0 Å². The Balaban J connectivity index is 1.69. The van der Waals surface area contributed by atoms with E-state index in [-0.39, 0.29) is 5.78 Å². The first-order valence-electron chi connectivity index (χ1n) is 8.37. The summed E-state index contributed by atoms with van der Waals surface area (Å²) in [5.41, 5.74) is 5.64. The number of benzene rings is 1. The summed E-state index contributed by atoms with van der Waals surface area (Å²) in [5.74, 6) is 0.792. The number of anilines is 1. The van der Waals surface area contributed by atoms with Crippen molar-refractivity contribution < 1.29 is 9.53 Å². The third kappa shape index (κ3) is 2.75. The Labute approximate surface area is 152 Å². The molecule has 26 heavy (non-hydrogen) atoms. The van der Waals surface area contributed by atoms with E-state index in [1.165, 1.54) is 0 Å². The number of ketones is 1. The van der Waals surface area contributed by atoms with Crippen LogP contribution < -0.4 is 9.64 Å². The van der Waals surface area contributed by atoms with Gasteiger partial charge in [0, 0.05) is 35.8 Å². The first-order valence-corrected chi connectivity index (χ1v) is 8.37. The smallest absolute Gasteiger partial charge is 0.204 e. The van der Waals surface area contributed by atoms with Gasteiger partial charge < -0.3 is 9.64 Å². The monoisotopic (exact) mass is 342 g/mol. The molecule has 0 N–H and O–H groups in total. The molecule has 4 nitrogen and oxygen atoms in total. The van der Waals surface area contributed by atoms with Crippen molar-refractivity contribution in [2.24, 2.45) is 0 Å². The van der Waals surface area contributed by atoms with Crippen LogP contribution in [0.2, 0.25) is 0 Å². The van der Waals surface area contributed by atoms with E-state index in [0.717, 1.165) is 33.8 Å². The average Bonchev–Trinajstić information content (AvgIpc) is 2.69. The molecule has 0 unspecified atom stereocenters. The van der Waals surface area contributed by atoms with Gasteiger partial charge in [0.1, 0.15) is 11.4 Å². The van der Waals surface area contributed by atoms with Crippen molar-refractivity contribution in [3.8, 4) is 5.75 Å². The lowest BCUT2D eigenvalue weighted by molar-refractivity contribution is 0.104. The summed E-state index contributed by atoms with van der Waals surface area (Å²) in [6.45, 7) is 0. The van der Waals surface area contributed by atoms with Crippen LogP contribution in [0.4, 0.5) is 5.69 Å². The minimum atomic E-state index is -0.0528. The van der Waals surface area contributed by atoms with Gasteiger partial charge in [0.25, 0.3) is 0 Å². The fourth-order valence-electron chi connectivity index (χ4n) is 3.18. The molecule has 4 rings (SSSR count). The van der Waals surface area contributed by atoms with Gasteiger partial charge in [0.05, 0.1) is 7.11 Å². The lowest BCUT2D eigenvalue weighted by Crippen LogP contribution is -2.18. The minimum Gasteiger partial charge on any atom is -0.497 e. The number of aromatic nitrogens is 1. The number of ether oxygens (including phenoxy) is 1. The van der Waals surface area contributed by atoms with Crippen molar-refractivity contribution in [2.75, 3.05) is 19.1 Å². The molecule has 0 radical (unpaired) electrons. The Kier molecular flexibility index (Phi) is 4.01. The molecule has 0 bridgehead atoms. The van der Waals surface area contributed by atoms with Gasteiger partial charge in [-0.3, -0.25) is 9.78 Å². The van der Waals surface area contributed by atoms with Crippen LogP contribution in [0, 0.1) is 0 Å². The number of likely N-dealkylation sites (N-methyl/N-ethyl adjacent to an activating group) is 1. The number of hydrogen-bond donors (Lipinski definition) is 0. The molecule has 2 aliphatic rings. The maximum absolute atomic E-state index is 12.0. The number of carbonyl (C=O) groups excluding carboxylic acids is 1. The second-order valence-electron chi connectivity index (χ2n) is 6.13. The van der Waals surface area contributed by atoms with Crippen LogP contribution in [0.1, 0.15) is 21.6 Å². The maximum atomic E-state index is 12.0. The molecule has 0 saturated heterocycles. The highest BCUT2D eigenvalue weighted by Gasteiger charge is 2.17. The van der Waals surface area contributed by atoms with E-state index >= 15 is 0 Å². The standard InChI is InChI=1S/C22H18N2O2/c1-24-17(9-6-16-14-18(26-2)10-11-20(16)24)8-5-15-7-12-21(25)22-19(15)4-3-13-23-22/h3-14H,1-2H3. The fourth-order valence-corrected chi connectivity index (χ4v) is 3.18. The van der Waals surface area contributed by atoms with Crippen molar-refractivity contribution in [3.63, 3.8) is 0 Å². The molecule has 0 spiro atoms.